The van der Waals surface area contributed by atoms with Crippen molar-refractivity contribution in [1.82, 2.24) is 19.5 Å². The molecule has 7 nitrogen and oxygen atoms in total. The number of hydrogen-bond donors (Lipinski definition) is 3. The minimum absolute atomic E-state index is 0.0459. The average Bonchev–Trinajstić information content (AvgIpc) is 2.82. The molecule has 0 radical (unpaired) electrons. The molecule has 7 heteroatoms. The fourth-order valence-corrected chi connectivity index (χ4v) is 2.49. The largest absolute Gasteiger partial charge is 0.396 e. The molecule has 100 valence electrons. The molecule has 1 aliphatic carbocycles. The van der Waals surface area contributed by atoms with Crippen LogP contribution < -0.4 is 11.3 Å². The molecule has 0 spiro atoms. The molecule has 2 atom stereocenters. The van der Waals surface area contributed by atoms with Gasteiger partial charge in [0.15, 0.2) is 11.2 Å². The predicted molar refractivity (Wildman–Crippen MR) is 70.5 cm³/mol. The number of imidazole rings is 1. The molecule has 19 heavy (non-hydrogen) atoms. The van der Waals surface area contributed by atoms with Crippen LogP contribution in [-0.2, 0) is 0 Å². The Hall–Kier alpha value is -2.15. The van der Waals surface area contributed by atoms with Crippen LogP contribution in [0, 0.1) is 5.92 Å². The Morgan fingerprint density at radius 3 is 3.21 bits per heavy atom. The quantitative estimate of drug-likeness (QED) is 0.669. The fourth-order valence-electron chi connectivity index (χ4n) is 2.49. The number of aromatic nitrogens is 4. The highest BCUT2D eigenvalue weighted by molar-refractivity contribution is 5.70. The Balaban J connectivity index is 2.08. The van der Waals surface area contributed by atoms with Gasteiger partial charge in [0.05, 0.1) is 12.4 Å². The monoisotopic (exact) mass is 261 g/mol. The number of nitrogens with one attached hydrogen (secondary N) is 1. The highest BCUT2D eigenvalue weighted by atomic mass is 16.3. The molecule has 0 saturated heterocycles. The third-order valence-corrected chi connectivity index (χ3v) is 3.47. The van der Waals surface area contributed by atoms with Gasteiger partial charge in [-0.15, -0.1) is 0 Å². The van der Waals surface area contributed by atoms with Gasteiger partial charge in [0.1, 0.15) is 0 Å². The van der Waals surface area contributed by atoms with Gasteiger partial charge in [-0.2, -0.15) is 4.98 Å². The van der Waals surface area contributed by atoms with E-state index in [1.807, 2.05) is 16.7 Å². The number of anilines is 1. The lowest BCUT2D eigenvalue weighted by Gasteiger charge is -2.24. The van der Waals surface area contributed by atoms with Gasteiger partial charge in [-0.1, -0.05) is 12.2 Å². The van der Waals surface area contributed by atoms with Gasteiger partial charge in [-0.05, 0) is 18.8 Å². The molecule has 2 heterocycles. The highest BCUT2D eigenvalue weighted by Gasteiger charge is 2.21. The highest BCUT2D eigenvalue weighted by Crippen LogP contribution is 2.28. The zero-order valence-corrected chi connectivity index (χ0v) is 10.3. The van der Waals surface area contributed by atoms with Crippen molar-refractivity contribution in [3.8, 4) is 0 Å². The molecule has 0 aromatic carbocycles. The summed E-state index contributed by atoms with van der Waals surface area (Å²) in [5, 5.41) is 9.26. The van der Waals surface area contributed by atoms with Crippen LogP contribution >= 0.6 is 0 Å². The lowest BCUT2D eigenvalue weighted by molar-refractivity contribution is 0.204. The molecule has 2 aromatic heterocycles. The lowest BCUT2D eigenvalue weighted by atomic mass is 9.91. The van der Waals surface area contributed by atoms with Gasteiger partial charge in [-0.25, -0.2) is 4.98 Å². The number of hydrogen-bond acceptors (Lipinski definition) is 5. The van der Waals surface area contributed by atoms with Crippen LogP contribution in [-0.4, -0.2) is 31.2 Å². The van der Waals surface area contributed by atoms with Gasteiger partial charge in [-0.3, -0.25) is 9.78 Å². The lowest BCUT2D eigenvalue weighted by Crippen LogP contribution is -2.19. The van der Waals surface area contributed by atoms with E-state index in [9.17, 15) is 9.90 Å². The summed E-state index contributed by atoms with van der Waals surface area (Å²) in [5.74, 6) is 0.310. The van der Waals surface area contributed by atoms with Crippen molar-refractivity contribution in [2.24, 2.45) is 5.92 Å². The number of allylic oxidation sites excluding steroid dienone is 2. The molecule has 4 N–H and O–H groups in total. The number of H-pyrrole nitrogens is 1. The van der Waals surface area contributed by atoms with E-state index in [2.05, 4.69) is 15.0 Å². The molecule has 0 unspecified atom stereocenters. The number of nitrogens with two attached hydrogens (primary N) is 1. The standard InChI is InChI=1S/C12H15N5O2/c13-12-15-10-9(11(19)16-12)14-6-17(10)8-3-1-2-7(4-8)5-18/h1,3,6-8,18H,2,4-5H2,(H3,13,15,16,19)/t7-,8+/m0/s1. The fraction of sp³-hybridized carbons (Fsp3) is 0.417. The average molecular weight is 261 g/mol. The van der Waals surface area contributed by atoms with Crippen LogP contribution in [0.15, 0.2) is 23.3 Å². The van der Waals surface area contributed by atoms with Crippen LogP contribution in [0.3, 0.4) is 0 Å². The van der Waals surface area contributed by atoms with Crippen molar-refractivity contribution < 1.29 is 5.11 Å². The smallest absolute Gasteiger partial charge is 0.280 e. The van der Waals surface area contributed by atoms with E-state index >= 15 is 0 Å². The zero-order chi connectivity index (χ0) is 13.4. The third kappa shape index (κ3) is 2.01. The summed E-state index contributed by atoms with van der Waals surface area (Å²) >= 11 is 0. The first kappa shape index (κ1) is 11.9. The summed E-state index contributed by atoms with van der Waals surface area (Å²) in [7, 11) is 0. The van der Waals surface area contributed by atoms with Crippen molar-refractivity contribution in [2.75, 3.05) is 12.3 Å². The van der Waals surface area contributed by atoms with E-state index in [0.29, 0.717) is 5.65 Å². The summed E-state index contributed by atoms with van der Waals surface area (Å²) < 4.78 is 1.83. The van der Waals surface area contributed by atoms with Gasteiger partial charge in [0.2, 0.25) is 5.95 Å². The maximum absolute atomic E-state index is 11.7. The van der Waals surface area contributed by atoms with E-state index in [-0.39, 0.29) is 35.6 Å². The minimum Gasteiger partial charge on any atom is -0.396 e. The second-order valence-corrected chi connectivity index (χ2v) is 4.79. The van der Waals surface area contributed by atoms with E-state index < -0.39 is 0 Å². The van der Waals surface area contributed by atoms with Crippen LogP contribution in [0.5, 0.6) is 0 Å². The van der Waals surface area contributed by atoms with Gasteiger partial charge in [0, 0.05) is 6.61 Å². The molecular formula is C12H15N5O2. The number of nitrogens with zero attached hydrogens (tertiary/aromatic N) is 3. The maximum atomic E-state index is 11.7. The second-order valence-electron chi connectivity index (χ2n) is 4.79. The van der Waals surface area contributed by atoms with Gasteiger partial charge >= 0.3 is 0 Å². The van der Waals surface area contributed by atoms with E-state index in [4.69, 9.17) is 5.73 Å². The Labute approximate surface area is 108 Å². The number of rotatable bonds is 2. The minimum atomic E-state index is -0.334. The van der Waals surface area contributed by atoms with Crippen LogP contribution in [0.1, 0.15) is 18.9 Å². The second kappa shape index (κ2) is 4.51. The molecule has 3 rings (SSSR count). The summed E-state index contributed by atoms with van der Waals surface area (Å²) in [6.07, 6.45) is 7.35. The topological polar surface area (TPSA) is 110 Å². The Kier molecular flexibility index (Phi) is 2.83. The van der Waals surface area contributed by atoms with Gasteiger partial charge < -0.3 is 15.4 Å². The molecule has 0 aliphatic heterocycles. The first-order chi connectivity index (χ1) is 9.19. The van der Waals surface area contributed by atoms with Crippen molar-refractivity contribution in [3.05, 3.63) is 28.8 Å². The van der Waals surface area contributed by atoms with E-state index in [0.717, 1.165) is 12.8 Å². The number of aliphatic hydroxyl groups excluding tert-OH is 1. The van der Waals surface area contributed by atoms with Crippen molar-refractivity contribution in [1.29, 1.82) is 0 Å². The molecule has 0 saturated carbocycles. The molecular weight excluding hydrogens is 246 g/mol. The first-order valence-corrected chi connectivity index (χ1v) is 6.19. The van der Waals surface area contributed by atoms with E-state index in [1.54, 1.807) is 6.33 Å². The zero-order valence-electron chi connectivity index (χ0n) is 10.3. The van der Waals surface area contributed by atoms with E-state index in [1.165, 1.54) is 0 Å². The number of aliphatic hydroxyl groups is 1. The van der Waals surface area contributed by atoms with Crippen molar-refractivity contribution >= 4 is 17.1 Å². The number of fused-ring (bicyclic) bond motifs is 1. The van der Waals surface area contributed by atoms with Gasteiger partial charge in [0.25, 0.3) is 5.56 Å². The number of nitrogen functional groups attached to an aromatic ring is 1. The van der Waals surface area contributed by atoms with Crippen LogP contribution in [0.25, 0.3) is 11.2 Å². The summed E-state index contributed by atoms with van der Waals surface area (Å²) in [4.78, 5) is 22.4. The normalized spacial score (nSPS) is 23.0. The molecule has 0 amide bonds. The van der Waals surface area contributed by atoms with Crippen molar-refractivity contribution in [2.45, 2.75) is 18.9 Å². The van der Waals surface area contributed by atoms with Crippen LogP contribution in [0.2, 0.25) is 0 Å². The molecule has 2 aromatic rings. The molecule has 0 bridgehead atoms. The summed E-state index contributed by atoms with van der Waals surface area (Å²) in [6.45, 7) is 0.156. The Morgan fingerprint density at radius 2 is 2.42 bits per heavy atom. The predicted octanol–water partition coefficient (Wildman–Crippen LogP) is 0.201. The third-order valence-electron chi connectivity index (χ3n) is 3.47. The summed E-state index contributed by atoms with van der Waals surface area (Å²) in [5.41, 5.74) is 6.00. The first-order valence-electron chi connectivity index (χ1n) is 6.19. The Morgan fingerprint density at radius 1 is 1.58 bits per heavy atom. The molecule has 1 aliphatic rings. The van der Waals surface area contributed by atoms with Crippen LogP contribution in [0.4, 0.5) is 5.95 Å². The van der Waals surface area contributed by atoms with Crippen molar-refractivity contribution in [3.63, 3.8) is 0 Å². The maximum Gasteiger partial charge on any atom is 0.280 e. The Bertz CT molecular complexity index is 687. The number of aromatic amines is 1. The summed E-state index contributed by atoms with van der Waals surface area (Å²) in [6, 6.07) is 0.0459. The molecule has 0 fully saturated rings. The SMILES string of the molecule is Nc1nc2c(ncn2[C@@H]2C=CC[C@H](CO)C2)c(=O)[nH]1.